The third-order valence-electron chi connectivity index (χ3n) is 6.28. The molecular formula is C25H26N2O5. The summed E-state index contributed by atoms with van der Waals surface area (Å²) in [6.45, 7) is 5.83. The van der Waals surface area contributed by atoms with Gasteiger partial charge in [0.05, 0.1) is 17.7 Å². The van der Waals surface area contributed by atoms with E-state index in [4.69, 9.17) is 4.74 Å². The molecule has 0 bridgehead atoms. The molecule has 0 radical (unpaired) electrons. The Hall–Kier alpha value is -3.48. The van der Waals surface area contributed by atoms with Crippen LogP contribution in [0.15, 0.2) is 53.7 Å². The number of nitro groups is 1. The van der Waals surface area contributed by atoms with E-state index in [0.717, 1.165) is 11.1 Å². The third kappa shape index (κ3) is 3.79. The van der Waals surface area contributed by atoms with Gasteiger partial charge in [0.15, 0.2) is 5.78 Å². The smallest absolute Gasteiger partial charge is 0.271 e. The summed E-state index contributed by atoms with van der Waals surface area (Å²) in [7, 11) is 1.58. The van der Waals surface area contributed by atoms with Crippen LogP contribution in [0, 0.1) is 22.5 Å². The number of ether oxygens (including phenoxy) is 1. The number of non-ortho nitro benzene ring substituents is 1. The molecule has 0 aromatic heterocycles. The molecule has 1 heterocycles. The monoisotopic (exact) mass is 434 g/mol. The SMILES string of the molecule is COc1cccc(C2CC(=O)N(c3cc([N+](=O)[O-])ccc3C)C3=C2C(=O)CC(C)(C)C3)c1. The van der Waals surface area contributed by atoms with E-state index in [1.54, 1.807) is 18.1 Å². The number of carbonyl (C=O) groups is 2. The van der Waals surface area contributed by atoms with E-state index in [0.29, 0.717) is 35.5 Å². The molecule has 7 heteroatoms. The van der Waals surface area contributed by atoms with Gasteiger partial charge < -0.3 is 4.74 Å². The van der Waals surface area contributed by atoms with Crippen LogP contribution in [0.3, 0.4) is 0 Å². The fourth-order valence-electron chi connectivity index (χ4n) is 4.79. The zero-order chi connectivity index (χ0) is 23.2. The van der Waals surface area contributed by atoms with Gasteiger partial charge in [-0.1, -0.05) is 32.0 Å². The number of aryl methyl sites for hydroxylation is 1. The first-order chi connectivity index (χ1) is 15.1. The number of rotatable bonds is 4. The van der Waals surface area contributed by atoms with Gasteiger partial charge in [-0.15, -0.1) is 0 Å². The minimum atomic E-state index is -0.471. The molecule has 0 spiro atoms. The molecule has 0 saturated heterocycles. The summed E-state index contributed by atoms with van der Waals surface area (Å²) < 4.78 is 5.35. The first-order valence-electron chi connectivity index (χ1n) is 10.6. The Morgan fingerprint density at radius 3 is 2.56 bits per heavy atom. The maximum atomic E-state index is 13.5. The molecule has 1 amide bonds. The molecule has 2 aromatic rings. The predicted octanol–water partition coefficient (Wildman–Crippen LogP) is 5.08. The highest BCUT2D eigenvalue weighted by Gasteiger charge is 2.44. The van der Waals surface area contributed by atoms with Gasteiger partial charge in [0.2, 0.25) is 5.91 Å². The number of hydrogen-bond acceptors (Lipinski definition) is 5. The van der Waals surface area contributed by atoms with E-state index in [9.17, 15) is 19.7 Å². The van der Waals surface area contributed by atoms with Gasteiger partial charge >= 0.3 is 0 Å². The number of allylic oxidation sites excluding steroid dienone is 2. The summed E-state index contributed by atoms with van der Waals surface area (Å²) in [5.41, 5.74) is 2.93. The number of nitrogens with zero attached hydrogens (tertiary/aromatic N) is 2. The molecule has 1 unspecified atom stereocenters. The predicted molar refractivity (Wildman–Crippen MR) is 121 cm³/mol. The summed E-state index contributed by atoms with van der Waals surface area (Å²) in [6, 6.07) is 12.0. The van der Waals surface area contributed by atoms with E-state index < -0.39 is 4.92 Å². The molecule has 0 fully saturated rings. The van der Waals surface area contributed by atoms with Crippen molar-refractivity contribution in [3.8, 4) is 5.75 Å². The molecule has 0 saturated carbocycles. The number of benzene rings is 2. The van der Waals surface area contributed by atoms with Crippen LogP contribution < -0.4 is 9.64 Å². The Labute approximate surface area is 186 Å². The fourth-order valence-corrected chi connectivity index (χ4v) is 4.79. The van der Waals surface area contributed by atoms with E-state index >= 15 is 0 Å². The number of Topliss-reactive ketones (excluding diaryl/α,β-unsaturated/α-hetero) is 1. The van der Waals surface area contributed by atoms with Gasteiger partial charge in [0, 0.05) is 42.2 Å². The first kappa shape index (κ1) is 21.7. The van der Waals surface area contributed by atoms with Crippen molar-refractivity contribution in [2.24, 2.45) is 5.41 Å². The largest absolute Gasteiger partial charge is 0.497 e. The van der Waals surface area contributed by atoms with Crippen molar-refractivity contribution in [1.29, 1.82) is 0 Å². The molecule has 32 heavy (non-hydrogen) atoms. The average molecular weight is 434 g/mol. The zero-order valence-electron chi connectivity index (χ0n) is 18.7. The lowest BCUT2D eigenvalue weighted by molar-refractivity contribution is -0.384. The first-order valence-corrected chi connectivity index (χ1v) is 10.6. The summed E-state index contributed by atoms with van der Waals surface area (Å²) in [4.78, 5) is 39.4. The van der Waals surface area contributed by atoms with Crippen LogP contribution in [0.2, 0.25) is 0 Å². The van der Waals surface area contributed by atoms with Crippen LogP contribution in [0.25, 0.3) is 0 Å². The standard InChI is InChI=1S/C25H26N2O5/c1-15-8-9-17(27(30)31)11-20(15)26-21-13-25(2,3)14-22(28)24(21)19(12-23(26)29)16-6-5-7-18(10-16)32-4/h5-11,19H,12-14H2,1-4H3. The van der Waals surface area contributed by atoms with Crippen LogP contribution in [0.4, 0.5) is 11.4 Å². The van der Waals surface area contributed by atoms with Gasteiger partial charge in [-0.2, -0.15) is 0 Å². The van der Waals surface area contributed by atoms with Crippen molar-refractivity contribution in [1.82, 2.24) is 0 Å². The van der Waals surface area contributed by atoms with Gasteiger partial charge in [0.25, 0.3) is 5.69 Å². The van der Waals surface area contributed by atoms with Gasteiger partial charge in [-0.05, 0) is 42.0 Å². The molecule has 1 atom stereocenters. The number of amides is 1. The summed E-state index contributed by atoms with van der Waals surface area (Å²) in [6.07, 6.45) is 1.03. The van der Waals surface area contributed by atoms with Crippen molar-refractivity contribution >= 4 is 23.1 Å². The second-order valence-electron chi connectivity index (χ2n) is 9.29. The van der Waals surface area contributed by atoms with Crippen molar-refractivity contribution in [2.45, 2.75) is 46.0 Å². The van der Waals surface area contributed by atoms with Crippen LogP contribution in [-0.4, -0.2) is 23.7 Å². The number of anilines is 1. The molecule has 4 rings (SSSR count). The highest BCUT2D eigenvalue weighted by molar-refractivity contribution is 6.08. The Kier molecular flexibility index (Phi) is 5.36. The van der Waals surface area contributed by atoms with Gasteiger partial charge in [-0.25, -0.2) is 0 Å². The van der Waals surface area contributed by atoms with Crippen LogP contribution in [0.5, 0.6) is 5.75 Å². The molecule has 166 valence electrons. The molecule has 0 N–H and O–H groups in total. The van der Waals surface area contributed by atoms with Crippen LogP contribution in [-0.2, 0) is 9.59 Å². The summed E-state index contributed by atoms with van der Waals surface area (Å²) in [5.74, 6) is 0.138. The normalized spacial score (nSPS) is 20.2. The fraction of sp³-hybridized carbons (Fsp3) is 0.360. The molecule has 2 aromatic carbocycles. The van der Waals surface area contributed by atoms with Crippen LogP contribution in [0.1, 0.15) is 50.2 Å². The number of carbonyl (C=O) groups excluding carboxylic acids is 2. The topological polar surface area (TPSA) is 89.8 Å². The van der Waals surface area contributed by atoms with Crippen molar-refractivity contribution < 1.29 is 19.2 Å². The minimum Gasteiger partial charge on any atom is -0.497 e. The number of methoxy groups -OCH3 is 1. The van der Waals surface area contributed by atoms with E-state index in [1.807, 2.05) is 45.0 Å². The molecule has 1 aliphatic heterocycles. The van der Waals surface area contributed by atoms with E-state index in [2.05, 4.69) is 0 Å². The van der Waals surface area contributed by atoms with Crippen molar-refractivity contribution in [3.05, 3.63) is 75.0 Å². The highest BCUT2D eigenvalue weighted by Crippen LogP contribution is 2.49. The molecule has 7 nitrogen and oxygen atoms in total. The van der Waals surface area contributed by atoms with Gasteiger partial charge in [0.1, 0.15) is 5.75 Å². The van der Waals surface area contributed by atoms with Crippen LogP contribution >= 0.6 is 0 Å². The second-order valence-corrected chi connectivity index (χ2v) is 9.29. The maximum Gasteiger partial charge on any atom is 0.271 e. The molecule has 1 aliphatic carbocycles. The quantitative estimate of drug-likeness (QED) is 0.495. The highest BCUT2D eigenvalue weighted by atomic mass is 16.6. The number of nitro benzene ring substituents is 1. The van der Waals surface area contributed by atoms with E-state index in [-0.39, 0.29) is 35.1 Å². The Morgan fingerprint density at radius 1 is 1.12 bits per heavy atom. The van der Waals surface area contributed by atoms with E-state index in [1.165, 1.54) is 12.1 Å². The van der Waals surface area contributed by atoms with Crippen molar-refractivity contribution in [2.75, 3.05) is 12.0 Å². The molecule has 2 aliphatic rings. The Morgan fingerprint density at radius 2 is 1.88 bits per heavy atom. The summed E-state index contributed by atoms with van der Waals surface area (Å²) in [5, 5.41) is 11.4. The maximum absolute atomic E-state index is 13.5. The average Bonchev–Trinajstić information content (AvgIpc) is 2.73. The summed E-state index contributed by atoms with van der Waals surface area (Å²) >= 11 is 0. The molecular weight excluding hydrogens is 408 g/mol. The minimum absolute atomic E-state index is 0.0182. The zero-order valence-corrected chi connectivity index (χ0v) is 18.7. The number of ketones is 1. The third-order valence-corrected chi connectivity index (χ3v) is 6.28. The Balaban J connectivity index is 1.93. The second kappa shape index (κ2) is 7.89. The lowest BCUT2D eigenvalue weighted by atomic mass is 9.69. The number of hydrogen-bond donors (Lipinski definition) is 0. The van der Waals surface area contributed by atoms with Crippen molar-refractivity contribution in [3.63, 3.8) is 0 Å². The lowest BCUT2D eigenvalue weighted by Gasteiger charge is -2.43. The Bertz CT molecular complexity index is 1160. The lowest BCUT2D eigenvalue weighted by Crippen LogP contribution is -2.44. The van der Waals surface area contributed by atoms with Gasteiger partial charge in [-0.3, -0.25) is 24.6 Å².